The van der Waals surface area contributed by atoms with Crippen LogP contribution >= 0.6 is 0 Å². The van der Waals surface area contributed by atoms with Crippen LogP contribution in [0.1, 0.15) is 44.2 Å². The predicted octanol–water partition coefficient (Wildman–Crippen LogP) is 10.4. The van der Waals surface area contributed by atoms with E-state index in [9.17, 15) is 0 Å². The van der Waals surface area contributed by atoms with Crippen molar-refractivity contribution >= 4 is 22.7 Å². The molecule has 1 unspecified atom stereocenters. The van der Waals surface area contributed by atoms with Gasteiger partial charge in [-0.2, -0.15) is 0 Å². The second-order valence-electron chi connectivity index (χ2n) is 11.7. The third-order valence-corrected chi connectivity index (χ3v) is 8.80. The number of hydrogen-bond donors (Lipinski definition) is 0. The van der Waals surface area contributed by atoms with Crippen molar-refractivity contribution in [2.75, 3.05) is 9.80 Å². The molecule has 0 aliphatic heterocycles. The summed E-state index contributed by atoms with van der Waals surface area (Å²) >= 11 is 0. The summed E-state index contributed by atoms with van der Waals surface area (Å²) < 4.78 is 0. The van der Waals surface area contributed by atoms with Gasteiger partial charge in [-0.1, -0.05) is 98.8 Å². The van der Waals surface area contributed by atoms with E-state index >= 15 is 0 Å². The molecule has 0 heterocycles. The molecule has 0 amide bonds. The molecule has 0 bridgehead atoms. The van der Waals surface area contributed by atoms with Crippen LogP contribution in [0, 0.1) is 0 Å². The fourth-order valence-corrected chi connectivity index (χ4v) is 6.72. The molecule has 0 saturated heterocycles. The Bertz CT molecular complexity index is 1650. The molecule has 3 aliphatic rings. The number of para-hydroxylation sites is 2. The SMILES string of the molecule is CC1(C)c2cc(N(c3ccccc3)c3ccccc3)ccc2-c2ccc(N(C3=CC=CCC3)C3C=CC=CC3)cc21. The van der Waals surface area contributed by atoms with E-state index in [1.807, 2.05) is 0 Å². The molecule has 4 aromatic rings. The highest BCUT2D eigenvalue weighted by atomic mass is 15.2. The van der Waals surface area contributed by atoms with Crippen LogP contribution in [0.3, 0.4) is 0 Å². The van der Waals surface area contributed by atoms with Gasteiger partial charge in [-0.25, -0.2) is 0 Å². The lowest BCUT2D eigenvalue weighted by Crippen LogP contribution is -2.34. The third-order valence-electron chi connectivity index (χ3n) is 8.80. The van der Waals surface area contributed by atoms with Crippen molar-refractivity contribution in [1.82, 2.24) is 0 Å². The van der Waals surface area contributed by atoms with Gasteiger partial charge in [0.25, 0.3) is 0 Å². The van der Waals surface area contributed by atoms with E-state index in [2.05, 4.69) is 163 Å². The van der Waals surface area contributed by atoms with Crippen molar-refractivity contribution in [3.63, 3.8) is 0 Å². The molecule has 2 heteroatoms. The van der Waals surface area contributed by atoms with Gasteiger partial charge >= 0.3 is 0 Å². The Balaban J connectivity index is 1.31. The summed E-state index contributed by atoms with van der Waals surface area (Å²) in [6.07, 6.45) is 19.0. The molecular formula is C39H36N2. The molecule has 3 aliphatic carbocycles. The molecule has 7 rings (SSSR count). The highest BCUT2D eigenvalue weighted by Gasteiger charge is 2.37. The van der Waals surface area contributed by atoms with Gasteiger partial charge < -0.3 is 9.80 Å². The van der Waals surface area contributed by atoms with E-state index in [0.29, 0.717) is 6.04 Å². The van der Waals surface area contributed by atoms with E-state index in [-0.39, 0.29) is 5.41 Å². The highest BCUT2D eigenvalue weighted by Crippen LogP contribution is 2.52. The minimum Gasteiger partial charge on any atom is -0.338 e. The highest BCUT2D eigenvalue weighted by molar-refractivity contribution is 5.86. The smallest absolute Gasteiger partial charge is 0.0556 e. The Labute approximate surface area is 244 Å². The van der Waals surface area contributed by atoms with Crippen molar-refractivity contribution in [3.8, 4) is 11.1 Å². The summed E-state index contributed by atoms with van der Waals surface area (Å²) in [5.41, 5.74) is 11.5. The van der Waals surface area contributed by atoms with Gasteiger partial charge in [0.2, 0.25) is 0 Å². The summed E-state index contributed by atoms with van der Waals surface area (Å²) in [5, 5.41) is 0. The van der Waals surface area contributed by atoms with E-state index in [1.165, 1.54) is 39.3 Å². The number of rotatable bonds is 6. The Morgan fingerprint density at radius 2 is 1.27 bits per heavy atom. The lowest BCUT2D eigenvalue weighted by atomic mass is 9.82. The van der Waals surface area contributed by atoms with Crippen LogP contribution < -0.4 is 9.80 Å². The number of nitrogens with zero attached hydrogens (tertiary/aromatic N) is 2. The van der Waals surface area contributed by atoms with Crippen LogP contribution in [0.15, 0.2) is 145 Å². The quantitative estimate of drug-likeness (QED) is 0.244. The monoisotopic (exact) mass is 532 g/mol. The molecular weight excluding hydrogens is 496 g/mol. The van der Waals surface area contributed by atoms with E-state index < -0.39 is 0 Å². The van der Waals surface area contributed by atoms with Crippen LogP contribution in [0.25, 0.3) is 11.1 Å². The first-order valence-corrected chi connectivity index (χ1v) is 14.8. The Morgan fingerprint density at radius 1 is 0.634 bits per heavy atom. The van der Waals surface area contributed by atoms with E-state index in [1.54, 1.807) is 0 Å². The standard InChI is InChI=1S/C39H36N2/c1-39(2)37-27-33(40(29-15-7-3-8-16-29)30-17-9-4-10-18-30)23-25-35(37)36-26-24-34(28-38(36)39)41(31-19-11-5-12-20-31)32-21-13-6-14-22-32/h3-13,15-19,21,23-28,31H,14,20,22H2,1-2H3. The van der Waals surface area contributed by atoms with Gasteiger partial charge in [-0.3, -0.25) is 0 Å². The molecule has 0 saturated carbocycles. The third kappa shape index (κ3) is 4.54. The number of anilines is 4. The van der Waals surface area contributed by atoms with Crippen molar-refractivity contribution in [2.24, 2.45) is 0 Å². The summed E-state index contributed by atoms with van der Waals surface area (Å²) in [6, 6.07) is 35.9. The number of fused-ring (bicyclic) bond motifs is 3. The maximum Gasteiger partial charge on any atom is 0.0556 e. The Morgan fingerprint density at radius 3 is 1.85 bits per heavy atom. The molecule has 0 N–H and O–H groups in total. The van der Waals surface area contributed by atoms with Crippen LogP contribution in [0.4, 0.5) is 22.7 Å². The predicted molar refractivity (Wildman–Crippen MR) is 174 cm³/mol. The van der Waals surface area contributed by atoms with Gasteiger partial charge in [0.05, 0.1) is 6.04 Å². The number of allylic oxidation sites excluding steroid dienone is 6. The van der Waals surface area contributed by atoms with Gasteiger partial charge in [-0.05, 0) is 96.1 Å². The average molecular weight is 533 g/mol. The van der Waals surface area contributed by atoms with Crippen LogP contribution in [0.5, 0.6) is 0 Å². The van der Waals surface area contributed by atoms with Crippen molar-refractivity contribution in [3.05, 3.63) is 156 Å². The topological polar surface area (TPSA) is 6.48 Å². The molecule has 1 atom stereocenters. The maximum absolute atomic E-state index is 2.57. The van der Waals surface area contributed by atoms with Crippen molar-refractivity contribution < 1.29 is 0 Å². The summed E-state index contributed by atoms with van der Waals surface area (Å²) in [6.45, 7) is 4.77. The zero-order valence-corrected chi connectivity index (χ0v) is 23.9. The Kier molecular flexibility index (Phi) is 6.47. The first-order valence-electron chi connectivity index (χ1n) is 14.8. The van der Waals surface area contributed by atoms with Gasteiger partial charge in [-0.15, -0.1) is 0 Å². The van der Waals surface area contributed by atoms with Gasteiger partial charge in [0.1, 0.15) is 0 Å². The largest absolute Gasteiger partial charge is 0.338 e. The van der Waals surface area contributed by atoms with Crippen LogP contribution in [-0.2, 0) is 5.41 Å². The van der Waals surface area contributed by atoms with E-state index in [4.69, 9.17) is 0 Å². The van der Waals surface area contributed by atoms with Gasteiger partial charge in [0, 0.05) is 33.9 Å². The zero-order chi connectivity index (χ0) is 27.8. The second kappa shape index (κ2) is 10.4. The zero-order valence-electron chi connectivity index (χ0n) is 23.9. The minimum atomic E-state index is -0.120. The van der Waals surface area contributed by atoms with Crippen molar-refractivity contribution in [2.45, 2.75) is 44.6 Å². The lowest BCUT2D eigenvalue weighted by Gasteiger charge is -2.36. The fourth-order valence-electron chi connectivity index (χ4n) is 6.72. The molecule has 0 fully saturated rings. The molecule has 2 nitrogen and oxygen atoms in total. The van der Waals surface area contributed by atoms with E-state index in [0.717, 1.165) is 30.6 Å². The second-order valence-corrected chi connectivity index (χ2v) is 11.7. The normalized spacial score (nSPS) is 18.0. The number of hydrogen-bond acceptors (Lipinski definition) is 2. The molecule has 41 heavy (non-hydrogen) atoms. The lowest BCUT2D eigenvalue weighted by molar-refractivity contribution is 0.658. The van der Waals surface area contributed by atoms with Gasteiger partial charge in [0.15, 0.2) is 0 Å². The van der Waals surface area contributed by atoms with Crippen LogP contribution in [0.2, 0.25) is 0 Å². The maximum atomic E-state index is 2.57. The minimum absolute atomic E-state index is 0.120. The molecule has 202 valence electrons. The molecule has 0 aromatic heterocycles. The average Bonchev–Trinajstić information content (AvgIpc) is 3.25. The van der Waals surface area contributed by atoms with Crippen molar-refractivity contribution in [1.29, 1.82) is 0 Å². The molecule has 4 aromatic carbocycles. The summed E-state index contributed by atoms with van der Waals surface area (Å²) in [5.74, 6) is 0. The molecule has 0 spiro atoms. The molecule has 0 radical (unpaired) electrons. The van der Waals surface area contributed by atoms with Crippen LogP contribution in [-0.4, -0.2) is 6.04 Å². The first kappa shape index (κ1) is 25.4. The summed E-state index contributed by atoms with van der Waals surface area (Å²) in [7, 11) is 0. The first-order chi connectivity index (χ1) is 20.1. The Hall–Kier alpha value is -4.56. The number of benzene rings is 4. The fraction of sp³-hybridized carbons (Fsp3) is 0.179. The summed E-state index contributed by atoms with van der Waals surface area (Å²) in [4.78, 5) is 4.93.